The van der Waals surface area contributed by atoms with E-state index < -0.39 is 0 Å². The number of nitrogens with one attached hydrogen (secondary N) is 1. The average molecular weight is 394 g/mol. The highest BCUT2D eigenvalue weighted by Crippen LogP contribution is 2.28. The summed E-state index contributed by atoms with van der Waals surface area (Å²) in [4.78, 5) is 19.0. The fourth-order valence-electron chi connectivity index (χ4n) is 3.58. The molecule has 1 aromatic heterocycles. The van der Waals surface area contributed by atoms with E-state index in [0.717, 1.165) is 37.4 Å². The molecule has 2 aromatic carbocycles. The number of carbonyl (C=O) groups excluding carboxylic acids is 1. The Morgan fingerprint density at radius 2 is 2.04 bits per heavy atom. The summed E-state index contributed by atoms with van der Waals surface area (Å²) >= 11 is 1.35. The standard InChI is InChI=1S/C22H23N3O2S/c1-27-20-4-2-3-18-14-25(10-9-19(18)20)13-17-7-5-16(6-8-17)11-24-22(26)21-12-23-15-28-21/h2-8,12,15H,9-11,13-14H2,1H3,(H,24,26). The lowest BCUT2D eigenvalue weighted by Gasteiger charge is -2.29. The number of nitrogens with zero attached hydrogens (tertiary/aromatic N) is 2. The maximum atomic E-state index is 12.0. The smallest absolute Gasteiger partial charge is 0.263 e. The molecule has 0 spiro atoms. The summed E-state index contributed by atoms with van der Waals surface area (Å²) < 4.78 is 5.49. The van der Waals surface area contributed by atoms with Crippen molar-refractivity contribution in [3.05, 3.63) is 81.3 Å². The van der Waals surface area contributed by atoms with Crippen LogP contribution in [0.2, 0.25) is 0 Å². The maximum Gasteiger partial charge on any atom is 0.263 e. The predicted octanol–water partition coefficient (Wildman–Crippen LogP) is 3.64. The van der Waals surface area contributed by atoms with Gasteiger partial charge < -0.3 is 10.1 Å². The van der Waals surface area contributed by atoms with E-state index in [4.69, 9.17) is 4.74 Å². The van der Waals surface area contributed by atoms with Crippen molar-refractivity contribution in [2.24, 2.45) is 0 Å². The largest absolute Gasteiger partial charge is 0.496 e. The van der Waals surface area contributed by atoms with Gasteiger partial charge in [0.05, 0.1) is 18.8 Å². The molecular weight excluding hydrogens is 370 g/mol. The van der Waals surface area contributed by atoms with E-state index in [1.807, 2.05) is 6.07 Å². The van der Waals surface area contributed by atoms with E-state index in [1.165, 1.54) is 28.0 Å². The third-order valence-electron chi connectivity index (χ3n) is 5.06. The minimum Gasteiger partial charge on any atom is -0.496 e. The summed E-state index contributed by atoms with van der Waals surface area (Å²) in [5.41, 5.74) is 6.74. The summed E-state index contributed by atoms with van der Waals surface area (Å²) in [6.45, 7) is 3.41. The van der Waals surface area contributed by atoms with E-state index in [0.29, 0.717) is 11.4 Å². The Balaban J connectivity index is 1.33. The third-order valence-corrected chi connectivity index (χ3v) is 5.83. The average Bonchev–Trinajstić information content (AvgIpc) is 3.27. The molecule has 6 heteroatoms. The monoisotopic (exact) mass is 393 g/mol. The minimum atomic E-state index is -0.0750. The Hall–Kier alpha value is -2.70. The van der Waals surface area contributed by atoms with Crippen molar-refractivity contribution in [2.75, 3.05) is 13.7 Å². The van der Waals surface area contributed by atoms with Crippen molar-refractivity contribution < 1.29 is 9.53 Å². The predicted molar refractivity (Wildman–Crippen MR) is 111 cm³/mol. The molecule has 28 heavy (non-hydrogen) atoms. The van der Waals surface area contributed by atoms with Crippen LogP contribution in [-0.4, -0.2) is 29.4 Å². The van der Waals surface area contributed by atoms with Crippen LogP contribution in [0, 0.1) is 0 Å². The van der Waals surface area contributed by atoms with E-state index >= 15 is 0 Å². The van der Waals surface area contributed by atoms with Gasteiger partial charge in [-0.15, -0.1) is 11.3 Å². The summed E-state index contributed by atoms with van der Waals surface area (Å²) in [7, 11) is 1.74. The van der Waals surface area contributed by atoms with Crippen LogP contribution >= 0.6 is 11.3 Å². The van der Waals surface area contributed by atoms with Gasteiger partial charge in [0.15, 0.2) is 0 Å². The highest BCUT2D eigenvalue weighted by molar-refractivity contribution is 7.11. The second-order valence-electron chi connectivity index (χ2n) is 6.92. The maximum absolute atomic E-state index is 12.0. The van der Waals surface area contributed by atoms with Gasteiger partial charge in [0.2, 0.25) is 0 Å². The van der Waals surface area contributed by atoms with Crippen molar-refractivity contribution >= 4 is 17.2 Å². The second-order valence-corrected chi connectivity index (χ2v) is 7.81. The van der Waals surface area contributed by atoms with Crippen LogP contribution in [-0.2, 0) is 26.1 Å². The van der Waals surface area contributed by atoms with Crippen molar-refractivity contribution in [1.29, 1.82) is 0 Å². The second kappa shape index (κ2) is 8.54. The van der Waals surface area contributed by atoms with Gasteiger partial charge in [-0.25, -0.2) is 0 Å². The topological polar surface area (TPSA) is 54.5 Å². The molecule has 3 aromatic rings. The number of fused-ring (bicyclic) bond motifs is 1. The Labute approximate surface area is 169 Å². The van der Waals surface area contributed by atoms with E-state index in [1.54, 1.807) is 18.8 Å². The van der Waals surface area contributed by atoms with Crippen molar-refractivity contribution in [2.45, 2.75) is 26.1 Å². The fourth-order valence-corrected chi connectivity index (χ4v) is 4.11. The molecule has 2 heterocycles. The van der Waals surface area contributed by atoms with Crippen molar-refractivity contribution in [3.63, 3.8) is 0 Å². The number of rotatable bonds is 6. The molecule has 1 amide bonds. The number of thiazole rings is 1. The number of ether oxygens (including phenoxy) is 1. The summed E-state index contributed by atoms with van der Waals surface area (Å²) in [5, 5.41) is 2.93. The number of aromatic nitrogens is 1. The zero-order chi connectivity index (χ0) is 19.3. The van der Waals surface area contributed by atoms with Crippen molar-refractivity contribution in [3.8, 4) is 5.75 Å². The summed E-state index contributed by atoms with van der Waals surface area (Å²) in [5.74, 6) is 0.927. The zero-order valence-corrected chi connectivity index (χ0v) is 16.7. The molecule has 144 valence electrons. The first-order valence-corrected chi connectivity index (χ1v) is 10.2. The highest BCUT2D eigenvalue weighted by atomic mass is 32.1. The first-order chi connectivity index (χ1) is 13.7. The van der Waals surface area contributed by atoms with E-state index in [9.17, 15) is 4.79 Å². The van der Waals surface area contributed by atoms with Crippen LogP contribution in [0.3, 0.4) is 0 Å². The molecule has 0 saturated carbocycles. The van der Waals surface area contributed by atoms with Crippen LogP contribution in [0.25, 0.3) is 0 Å². The lowest BCUT2D eigenvalue weighted by Crippen LogP contribution is -2.30. The number of benzene rings is 2. The van der Waals surface area contributed by atoms with Gasteiger partial charge in [0.25, 0.3) is 5.91 Å². The molecule has 1 N–H and O–H groups in total. The SMILES string of the molecule is COc1cccc2c1CCN(Cc1ccc(CNC(=O)c3cncs3)cc1)C2. The minimum absolute atomic E-state index is 0.0750. The fraction of sp³-hybridized carbons (Fsp3) is 0.273. The molecule has 1 aliphatic heterocycles. The van der Waals surface area contributed by atoms with Crippen LogP contribution in [0.5, 0.6) is 5.75 Å². The van der Waals surface area contributed by atoms with E-state index in [-0.39, 0.29) is 5.91 Å². The number of hydrogen-bond donors (Lipinski definition) is 1. The molecule has 0 atom stereocenters. The Morgan fingerprint density at radius 3 is 2.79 bits per heavy atom. The quantitative estimate of drug-likeness (QED) is 0.695. The molecule has 0 bridgehead atoms. The van der Waals surface area contributed by atoms with Gasteiger partial charge in [-0.3, -0.25) is 14.7 Å². The Morgan fingerprint density at radius 1 is 1.21 bits per heavy atom. The number of carbonyl (C=O) groups is 1. The molecule has 0 aliphatic carbocycles. The Kier molecular flexibility index (Phi) is 5.69. The molecule has 4 rings (SSSR count). The lowest BCUT2D eigenvalue weighted by molar-refractivity contribution is 0.0955. The van der Waals surface area contributed by atoms with Gasteiger partial charge >= 0.3 is 0 Å². The molecular formula is C22H23N3O2S. The molecule has 0 radical (unpaired) electrons. The van der Waals surface area contributed by atoms with Gasteiger partial charge in [-0.05, 0) is 34.7 Å². The lowest BCUT2D eigenvalue weighted by atomic mass is 9.98. The zero-order valence-electron chi connectivity index (χ0n) is 15.9. The molecule has 5 nitrogen and oxygen atoms in total. The van der Waals surface area contributed by atoms with Gasteiger partial charge in [0.1, 0.15) is 10.6 Å². The van der Waals surface area contributed by atoms with Gasteiger partial charge in [-0.1, -0.05) is 36.4 Å². The van der Waals surface area contributed by atoms with E-state index in [2.05, 4.69) is 51.6 Å². The Bertz CT molecular complexity index is 939. The first kappa shape index (κ1) is 18.7. The highest BCUT2D eigenvalue weighted by Gasteiger charge is 2.19. The first-order valence-electron chi connectivity index (χ1n) is 9.34. The summed E-state index contributed by atoms with van der Waals surface area (Å²) in [6, 6.07) is 14.8. The van der Waals surface area contributed by atoms with Crippen LogP contribution in [0.4, 0.5) is 0 Å². The van der Waals surface area contributed by atoms with Crippen LogP contribution in [0.1, 0.15) is 31.9 Å². The molecule has 0 saturated heterocycles. The number of hydrogen-bond acceptors (Lipinski definition) is 5. The number of methoxy groups -OCH3 is 1. The van der Waals surface area contributed by atoms with Gasteiger partial charge in [0, 0.05) is 26.2 Å². The third kappa shape index (κ3) is 4.24. The van der Waals surface area contributed by atoms with Crippen molar-refractivity contribution in [1.82, 2.24) is 15.2 Å². The molecule has 0 fully saturated rings. The van der Waals surface area contributed by atoms with Crippen LogP contribution < -0.4 is 10.1 Å². The molecule has 0 unspecified atom stereocenters. The molecule has 1 aliphatic rings. The summed E-state index contributed by atoms with van der Waals surface area (Å²) in [6.07, 6.45) is 2.61. The number of amides is 1. The normalized spacial score (nSPS) is 13.8. The van der Waals surface area contributed by atoms with Gasteiger partial charge in [-0.2, -0.15) is 0 Å². The van der Waals surface area contributed by atoms with Crippen LogP contribution in [0.15, 0.2) is 54.2 Å².